The number of imidazole rings is 1. The number of pyridine rings is 1. The molecule has 0 spiro atoms. The molecule has 0 amide bonds. The number of hydrogen-bond donors (Lipinski definition) is 4. The predicted molar refractivity (Wildman–Crippen MR) is 135 cm³/mol. The van der Waals surface area contributed by atoms with Gasteiger partial charge in [0.1, 0.15) is 16.2 Å². The highest BCUT2D eigenvalue weighted by Gasteiger charge is 2.26. The molecule has 1 saturated heterocycles. The smallest absolute Gasteiger partial charge is 0.262 e. The van der Waals surface area contributed by atoms with E-state index in [-0.39, 0.29) is 17.7 Å². The van der Waals surface area contributed by atoms with Gasteiger partial charge in [0, 0.05) is 43.3 Å². The van der Waals surface area contributed by atoms with E-state index >= 15 is 0 Å². The molecule has 2 aliphatic rings. The maximum Gasteiger partial charge on any atom is 0.262 e. The Hall–Kier alpha value is -2.88. The molecule has 9 heteroatoms. The van der Waals surface area contributed by atoms with Gasteiger partial charge in [0.05, 0.1) is 22.8 Å². The minimum Gasteiger partial charge on any atom is -0.393 e. The quantitative estimate of drug-likeness (QED) is 0.370. The van der Waals surface area contributed by atoms with Gasteiger partial charge in [0.2, 0.25) is 0 Å². The number of rotatable bonds is 4. The molecule has 2 atom stereocenters. The average Bonchev–Trinajstić information content (AvgIpc) is 3.53. The molecule has 172 valence electrons. The summed E-state index contributed by atoms with van der Waals surface area (Å²) in [5, 5.41) is 16.5. The van der Waals surface area contributed by atoms with Crippen LogP contribution in [-0.4, -0.2) is 70.3 Å². The SMILES string of the molecule is CN1CCN(c2ccc3nc(-c4c(N[C@@H]5CC[C@@H](O)C5)c5ccsc5[nH]c4=O)[nH]c3c2)CC1. The van der Waals surface area contributed by atoms with E-state index in [1.165, 1.54) is 17.0 Å². The second-order valence-electron chi connectivity index (χ2n) is 9.25. The maximum atomic E-state index is 13.2. The second kappa shape index (κ2) is 8.16. The Kier molecular flexibility index (Phi) is 5.12. The molecule has 0 radical (unpaired) electrons. The molecule has 1 aromatic carbocycles. The fourth-order valence-electron chi connectivity index (χ4n) is 5.06. The number of aliphatic hydroxyl groups is 1. The highest BCUT2D eigenvalue weighted by molar-refractivity contribution is 7.16. The average molecular weight is 465 g/mol. The first-order valence-corrected chi connectivity index (χ1v) is 12.4. The molecule has 2 fully saturated rings. The van der Waals surface area contributed by atoms with Gasteiger partial charge in [-0.25, -0.2) is 4.98 Å². The number of anilines is 2. The fraction of sp³-hybridized carbons (Fsp3) is 0.417. The van der Waals surface area contributed by atoms with E-state index in [9.17, 15) is 9.90 Å². The van der Waals surface area contributed by atoms with Crippen molar-refractivity contribution in [1.29, 1.82) is 0 Å². The normalized spacial score (nSPS) is 21.9. The number of nitrogens with zero attached hydrogens (tertiary/aromatic N) is 3. The van der Waals surface area contributed by atoms with Crippen LogP contribution >= 0.6 is 11.3 Å². The number of aliphatic hydroxyl groups excluding tert-OH is 1. The van der Waals surface area contributed by atoms with Gasteiger partial charge < -0.3 is 30.2 Å². The van der Waals surface area contributed by atoms with Crippen molar-refractivity contribution in [3.05, 3.63) is 40.0 Å². The van der Waals surface area contributed by atoms with E-state index in [1.54, 1.807) is 0 Å². The van der Waals surface area contributed by atoms with E-state index in [1.807, 2.05) is 17.5 Å². The number of likely N-dealkylation sites (N-methyl/N-ethyl adjacent to an activating group) is 1. The van der Waals surface area contributed by atoms with Crippen molar-refractivity contribution in [2.45, 2.75) is 31.4 Å². The van der Waals surface area contributed by atoms with Crippen LogP contribution in [0.25, 0.3) is 32.6 Å². The van der Waals surface area contributed by atoms with Crippen LogP contribution in [0.15, 0.2) is 34.4 Å². The monoisotopic (exact) mass is 464 g/mol. The summed E-state index contributed by atoms with van der Waals surface area (Å²) in [6.45, 7) is 4.10. The van der Waals surface area contributed by atoms with Gasteiger partial charge in [-0.05, 0) is 56.0 Å². The molecule has 1 saturated carbocycles. The summed E-state index contributed by atoms with van der Waals surface area (Å²) in [6, 6.07) is 8.44. The Balaban J connectivity index is 1.42. The van der Waals surface area contributed by atoms with Crippen LogP contribution in [0.4, 0.5) is 11.4 Å². The molecular weight excluding hydrogens is 436 g/mol. The van der Waals surface area contributed by atoms with Gasteiger partial charge in [-0.3, -0.25) is 4.79 Å². The van der Waals surface area contributed by atoms with Crippen LogP contribution in [0, 0.1) is 0 Å². The Labute approximate surface area is 195 Å². The van der Waals surface area contributed by atoms with Crippen molar-refractivity contribution in [1.82, 2.24) is 19.9 Å². The Morgan fingerprint density at radius 2 is 2.00 bits per heavy atom. The van der Waals surface area contributed by atoms with Gasteiger partial charge in [0.25, 0.3) is 5.56 Å². The lowest BCUT2D eigenvalue weighted by atomic mass is 10.1. The van der Waals surface area contributed by atoms with Crippen molar-refractivity contribution in [2.24, 2.45) is 0 Å². The molecule has 3 aromatic heterocycles. The van der Waals surface area contributed by atoms with Crippen LogP contribution in [0.5, 0.6) is 0 Å². The first-order chi connectivity index (χ1) is 16.0. The molecule has 4 heterocycles. The summed E-state index contributed by atoms with van der Waals surface area (Å²) >= 11 is 1.52. The molecular formula is C24H28N6O2S. The predicted octanol–water partition coefficient (Wildman–Crippen LogP) is 3.21. The number of fused-ring (bicyclic) bond motifs is 2. The molecule has 6 rings (SSSR count). The first kappa shape index (κ1) is 20.7. The first-order valence-electron chi connectivity index (χ1n) is 11.6. The third kappa shape index (κ3) is 3.80. The number of piperazine rings is 1. The lowest BCUT2D eigenvalue weighted by molar-refractivity contribution is 0.182. The van der Waals surface area contributed by atoms with Crippen molar-refractivity contribution < 1.29 is 5.11 Å². The van der Waals surface area contributed by atoms with Crippen LogP contribution in [0.1, 0.15) is 19.3 Å². The fourth-order valence-corrected chi connectivity index (χ4v) is 5.85. The third-order valence-corrected chi connectivity index (χ3v) is 7.79. The van der Waals surface area contributed by atoms with E-state index in [2.05, 4.69) is 44.3 Å². The molecule has 4 aromatic rings. The topological polar surface area (TPSA) is 100 Å². The van der Waals surface area contributed by atoms with Crippen molar-refractivity contribution in [2.75, 3.05) is 43.4 Å². The van der Waals surface area contributed by atoms with Crippen molar-refractivity contribution in [3.8, 4) is 11.4 Å². The lowest BCUT2D eigenvalue weighted by Gasteiger charge is -2.34. The summed E-state index contributed by atoms with van der Waals surface area (Å²) in [6.07, 6.45) is 2.06. The largest absolute Gasteiger partial charge is 0.393 e. The minimum absolute atomic E-state index is 0.136. The molecule has 33 heavy (non-hydrogen) atoms. The number of nitrogens with one attached hydrogen (secondary N) is 3. The van der Waals surface area contributed by atoms with Crippen molar-refractivity contribution in [3.63, 3.8) is 0 Å². The van der Waals surface area contributed by atoms with Crippen LogP contribution < -0.4 is 15.8 Å². The van der Waals surface area contributed by atoms with Gasteiger partial charge in [-0.2, -0.15) is 0 Å². The minimum atomic E-state index is -0.287. The standard InChI is InChI=1S/C24H28N6O2S/c1-29-7-9-30(10-8-29)15-3-5-18-19(13-15)27-22(26-18)20-21(25-14-2-4-16(31)12-14)17-6-11-33-24(17)28-23(20)32/h3,5-6,11,13-14,16,31H,2,4,7-10,12H2,1H3,(H,26,27)(H2,25,28,32)/t14-,16-/m1/s1. The summed E-state index contributed by atoms with van der Waals surface area (Å²) in [7, 11) is 2.15. The number of thiophene rings is 1. The van der Waals surface area contributed by atoms with E-state index in [0.717, 1.165) is 66.0 Å². The number of aromatic nitrogens is 3. The summed E-state index contributed by atoms with van der Waals surface area (Å²) in [5.41, 5.74) is 4.10. The van der Waals surface area contributed by atoms with E-state index < -0.39 is 0 Å². The highest BCUT2D eigenvalue weighted by Crippen LogP contribution is 2.35. The zero-order valence-corrected chi connectivity index (χ0v) is 19.4. The van der Waals surface area contributed by atoms with E-state index in [4.69, 9.17) is 4.98 Å². The van der Waals surface area contributed by atoms with Crippen LogP contribution in [0.3, 0.4) is 0 Å². The van der Waals surface area contributed by atoms with Crippen molar-refractivity contribution >= 4 is 44.0 Å². The molecule has 1 aliphatic carbocycles. The van der Waals surface area contributed by atoms with Crippen LogP contribution in [-0.2, 0) is 0 Å². The molecule has 4 N–H and O–H groups in total. The Morgan fingerprint density at radius 1 is 1.15 bits per heavy atom. The lowest BCUT2D eigenvalue weighted by Crippen LogP contribution is -2.44. The Bertz CT molecular complexity index is 1370. The van der Waals surface area contributed by atoms with Gasteiger partial charge in [-0.15, -0.1) is 11.3 Å². The summed E-state index contributed by atoms with van der Waals surface area (Å²) in [4.78, 5) is 30.0. The Morgan fingerprint density at radius 3 is 2.79 bits per heavy atom. The number of hydrogen-bond acceptors (Lipinski definition) is 7. The molecule has 0 unspecified atom stereocenters. The van der Waals surface area contributed by atoms with Gasteiger partial charge >= 0.3 is 0 Å². The zero-order chi connectivity index (χ0) is 22.5. The second-order valence-corrected chi connectivity index (χ2v) is 10.2. The molecule has 1 aliphatic heterocycles. The zero-order valence-electron chi connectivity index (χ0n) is 18.6. The summed E-state index contributed by atoms with van der Waals surface area (Å²) < 4.78 is 0. The number of benzene rings is 1. The third-order valence-electron chi connectivity index (χ3n) is 6.96. The maximum absolute atomic E-state index is 13.2. The number of aromatic amines is 2. The summed E-state index contributed by atoms with van der Waals surface area (Å²) in [5.74, 6) is 0.566. The van der Waals surface area contributed by atoms with E-state index in [0.29, 0.717) is 17.8 Å². The molecule has 8 nitrogen and oxygen atoms in total. The highest BCUT2D eigenvalue weighted by atomic mass is 32.1. The molecule has 0 bridgehead atoms. The number of H-pyrrole nitrogens is 2. The van der Waals surface area contributed by atoms with Gasteiger partial charge in [-0.1, -0.05) is 0 Å². The van der Waals surface area contributed by atoms with Crippen LogP contribution in [0.2, 0.25) is 0 Å². The van der Waals surface area contributed by atoms with Gasteiger partial charge in [0.15, 0.2) is 0 Å².